The van der Waals surface area contributed by atoms with Gasteiger partial charge in [0.15, 0.2) is 0 Å². The lowest BCUT2D eigenvalue weighted by Gasteiger charge is -2.47. The average molecular weight is 233 g/mol. The third kappa shape index (κ3) is 1.64. The summed E-state index contributed by atoms with van der Waals surface area (Å²) in [5.74, 6) is 1.20. The smallest absolute Gasteiger partial charge is 0.217 e. The lowest BCUT2D eigenvalue weighted by atomic mass is 9.73. The maximum Gasteiger partial charge on any atom is 0.217 e. The normalized spacial score (nSPS) is 25.3. The summed E-state index contributed by atoms with van der Waals surface area (Å²) in [6.07, 6.45) is 5.28. The summed E-state index contributed by atoms with van der Waals surface area (Å²) < 4.78 is 5.94. The molecule has 1 aliphatic carbocycles. The molecule has 1 spiro atoms. The van der Waals surface area contributed by atoms with E-state index in [9.17, 15) is 5.11 Å². The number of fused-ring (bicyclic) bond motifs is 1. The number of rotatable bonds is 1. The summed E-state index contributed by atoms with van der Waals surface area (Å²) in [4.78, 5) is 4.42. The van der Waals surface area contributed by atoms with E-state index in [4.69, 9.17) is 4.74 Å². The Bertz CT molecular complexity index is 438. The van der Waals surface area contributed by atoms with Gasteiger partial charge < -0.3 is 9.84 Å². The van der Waals surface area contributed by atoms with Crippen LogP contribution in [-0.2, 0) is 6.42 Å². The number of aliphatic hydroxyl groups is 1. The van der Waals surface area contributed by atoms with Crippen LogP contribution in [0, 0.1) is 0 Å². The summed E-state index contributed by atoms with van der Waals surface area (Å²) in [6, 6.07) is 2.13. The van der Waals surface area contributed by atoms with Gasteiger partial charge in [0.2, 0.25) is 5.88 Å². The first kappa shape index (κ1) is 11.0. The van der Waals surface area contributed by atoms with E-state index in [1.807, 2.05) is 6.20 Å². The van der Waals surface area contributed by atoms with Crippen LogP contribution >= 0.6 is 0 Å². The summed E-state index contributed by atoms with van der Waals surface area (Å²) >= 11 is 0. The molecule has 3 heteroatoms. The molecule has 0 aromatic carbocycles. The monoisotopic (exact) mass is 233 g/mol. The molecule has 3 rings (SSSR count). The molecule has 1 aromatic rings. The minimum Gasteiger partial charge on any atom is -0.468 e. The van der Waals surface area contributed by atoms with Crippen molar-refractivity contribution in [2.45, 2.75) is 57.2 Å². The van der Waals surface area contributed by atoms with E-state index in [-0.39, 0.29) is 11.7 Å². The Hall–Kier alpha value is -1.09. The molecule has 1 N–H and O–H groups in total. The molecule has 1 fully saturated rings. The first-order valence-electron chi connectivity index (χ1n) is 6.47. The molecule has 1 aromatic heterocycles. The van der Waals surface area contributed by atoms with Crippen molar-refractivity contribution in [2.75, 3.05) is 0 Å². The molecule has 0 unspecified atom stereocenters. The van der Waals surface area contributed by atoms with Gasteiger partial charge in [-0.3, -0.25) is 0 Å². The van der Waals surface area contributed by atoms with Crippen molar-refractivity contribution in [2.24, 2.45) is 0 Å². The third-order valence-electron chi connectivity index (χ3n) is 4.13. The molecule has 17 heavy (non-hydrogen) atoms. The zero-order chi connectivity index (χ0) is 12.0. The van der Waals surface area contributed by atoms with Gasteiger partial charge in [-0.25, -0.2) is 4.98 Å². The highest BCUT2D eigenvalue weighted by Gasteiger charge is 2.49. The Morgan fingerprint density at radius 1 is 1.47 bits per heavy atom. The minimum atomic E-state index is -0.368. The molecule has 1 saturated carbocycles. The number of hydrogen-bond donors (Lipinski definition) is 1. The van der Waals surface area contributed by atoms with E-state index in [0.29, 0.717) is 12.3 Å². The molecule has 0 bridgehead atoms. The van der Waals surface area contributed by atoms with Gasteiger partial charge in [-0.05, 0) is 36.8 Å². The largest absolute Gasteiger partial charge is 0.468 e. The molecule has 0 radical (unpaired) electrons. The van der Waals surface area contributed by atoms with E-state index in [2.05, 4.69) is 24.9 Å². The molecular weight excluding hydrogens is 214 g/mol. The van der Waals surface area contributed by atoms with Gasteiger partial charge in [-0.2, -0.15) is 0 Å². The quantitative estimate of drug-likeness (QED) is 0.810. The topological polar surface area (TPSA) is 42.4 Å². The average Bonchev–Trinajstić information content (AvgIpc) is 2.25. The Morgan fingerprint density at radius 2 is 2.24 bits per heavy atom. The molecule has 3 nitrogen and oxygen atoms in total. The Labute approximate surface area is 102 Å². The van der Waals surface area contributed by atoms with E-state index in [0.717, 1.165) is 30.7 Å². The molecule has 1 aliphatic heterocycles. The number of hydrogen-bond acceptors (Lipinski definition) is 3. The minimum absolute atomic E-state index is 0.320. The van der Waals surface area contributed by atoms with Crippen molar-refractivity contribution in [1.82, 2.24) is 4.98 Å². The van der Waals surface area contributed by atoms with Crippen molar-refractivity contribution in [3.05, 3.63) is 23.4 Å². The van der Waals surface area contributed by atoms with Crippen LogP contribution < -0.4 is 4.74 Å². The second kappa shape index (κ2) is 3.70. The maximum absolute atomic E-state index is 10.2. The molecular formula is C14H19NO2. The van der Waals surface area contributed by atoms with E-state index in [1.54, 1.807) is 0 Å². The molecule has 2 aliphatic rings. The SMILES string of the molecule is CC(C)c1cnc2c(c1)C[C@@H](O)C1(CCC1)O2. The van der Waals surface area contributed by atoms with Crippen molar-refractivity contribution in [3.63, 3.8) is 0 Å². The van der Waals surface area contributed by atoms with Gasteiger partial charge in [0, 0.05) is 18.2 Å². The zero-order valence-corrected chi connectivity index (χ0v) is 10.4. The highest BCUT2D eigenvalue weighted by Crippen LogP contribution is 2.44. The molecule has 92 valence electrons. The number of aromatic nitrogens is 1. The molecule has 2 heterocycles. The van der Waals surface area contributed by atoms with Crippen LogP contribution in [0.1, 0.15) is 50.2 Å². The van der Waals surface area contributed by atoms with Gasteiger partial charge in [0.05, 0.1) is 6.10 Å². The van der Waals surface area contributed by atoms with Gasteiger partial charge in [-0.15, -0.1) is 0 Å². The first-order chi connectivity index (χ1) is 8.11. The molecule has 0 amide bonds. The standard InChI is InChI=1S/C14H19NO2/c1-9(2)11-6-10-7-12(16)14(4-3-5-14)17-13(10)15-8-11/h6,8-9,12,16H,3-5,7H2,1-2H3/t12-/m1/s1. The van der Waals surface area contributed by atoms with Gasteiger partial charge in [0.1, 0.15) is 5.60 Å². The second-order valence-electron chi connectivity index (χ2n) is 5.63. The second-order valence-corrected chi connectivity index (χ2v) is 5.63. The Balaban J connectivity index is 1.94. The lowest BCUT2D eigenvalue weighted by molar-refractivity contribution is -0.118. The predicted octanol–water partition coefficient (Wildman–Crippen LogP) is 2.42. The number of pyridine rings is 1. The summed E-state index contributed by atoms with van der Waals surface area (Å²) in [7, 11) is 0. The zero-order valence-electron chi connectivity index (χ0n) is 10.4. The first-order valence-corrected chi connectivity index (χ1v) is 6.47. The summed E-state index contributed by atoms with van der Waals surface area (Å²) in [5, 5.41) is 10.2. The van der Waals surface area contributed by atoms with Crippen LogP contribution in [0.3, 0.4) is 0 Å². The van der Waals surface area contributed by atoms with E-state index in [1.165, 1.54) is 5.56 Å². The third-order valence-corrected chi connectivity index (χ3v) is 4.13. The van der Waals surface area contributed by atoms with Gasteiger partial charge >= 0.3 is 0 Å². The highest BCUT2D eigenvalue weighted by atomic mass is 16.5. The van der Waals surface area contributed by atoms with Crippen LogP contribution in [-0.4, -0.2) is 21.8 Å². The fraction of sp³-hybridized carbons (Fsp3) is 0.643. The fourth-order valence-corrected chi connectivity index (χ4v) is 2.69. The van der Waals surface area contributed by atoms with Crippen LogP contribution in [0.4, 0.5) is 0 Å². The van der Waals surface area contributed by atoms with E-state index < -0.39 is 0 Å². The Kier molecular flexibility index (Phi) is 2.40. The van der Waals surface area contributed by atoms with Crippen LogP contribution in [0.2, 0.25) is 0 Å². The molecule has 0 saturated heterocycles. The van der Waals surface area contributed by atoms with E-state index >= 15 is 0 Å². The Morgan fingerprint density at radius 3 is 2.82 bits per heavy atom. The van der Waals surface area contributed by atoms with Crippen LogP contribution in [0.25, 0.3) is 0 Å². The van der Waals surface area contributed by atoms with Crippen LogP contribution in [0.15, 0.2) is 12.3 Å². The molecule has 1 atom stereocenters. The van der Waals surface area contributed by atoms with Gasteiger partial charge in [0.25, 0.3) is 0 Å². The van der Waals surface area contributed by atoms with Crippen LogP contribution in [0.5, 0.6) is 5.88 Å². The van der Waals surface area contributed by atoms with Crippen molar-refractivity contribution >= 4 is 0 Å². The van der Waals surface area contributed by atoms with Crippen molar-refractivity contribution < 1.29 is 9.84 Å². The maximum atomic E-state index is 10.2. The fourth-order valence-electron chi connectivity index (χ4n) is 2.69. The van der Waals surface area contributed by atoms with Crippen molar-refractivity contribution in [3.8, 4) is 5.88 Å². The van der Waals surface area contributed by atoms with Crippen molar-refractivity contribution in [1.29, 1.82) is 0 Å². The summed E-state index contributed by atoms with van der Waals surface area (Å²) in [6.45, 7) is 4.30. The van der Waals surface area contributed by atoms with Gasteiger partial charge in [-0.1, -0.05) is 13.8 Å². The number of nitrogens with zero attached hydrogens (tertiary/aromatic N) is 1. The summed E-state index contributed by atoms with van der Waals surface area (Å²) in [5.41, 5.74) is 1.95. The number of ether oxygens (including phenoxy) is 1. The predicted molar refractivity (Wildman–Crippen MR) is 65.2 cm³/mol. The lowest BCUT2D eigenvalue weighted by Crippen LogP contribution is -2.56. The number of aliphatic hydroxyl groups excluding tert-OH is 1. The highest BCUT2D eigenvalue weighted by molar-refractivity contribution is 5.35.